The second-order valence-electron chi connectivity index (χ2n) is 21.9. The fraction of sp³-hybridized carbons (Fsp3) is 0.125. The topological polar surface area (TPSA) is 294 Å². The Kier molecular flexibility index (Phi) is 21.9. The van der Waals surface area contributed by atoms with Crippen LogP contribution in [-0.2, 0) is 0 Å². The number of rotatable bonds is 10. The van der Waals surface area contributed by atoms with E-state index in [1.807, 2.05) is 67.6 Å². The minimum atomic E-state index is -0.526. The molecule has 13 aromatic rings. The van der Waals surface area contributed by atoms with E-state index in [0.29, 0.717) is 83.5 Å². The van der Waals surface area contributed by atoms with Gasteiger partial charge in [-0.25, -0.2) is 62.7 Å². The molecule has 7 aromatic heterocycles. The number of anilines is 3. The lowest BCUT2D eigenvalue weighted by atomic mass is 9.99. The highest BCUT2D eigenvalue weighted by molar-refractivity contribution is 6.35. The van der Waals surface area contributed by atoms with Gasteiger partial charge in [0, 0.05) is 77.5 Å². The molecule has 0 saturated heterocycles. The number of aryl methyl sites for hydroxylation is 2. The molecular formula is C72H61Cl2F3N18O3. The summed E-state index contributed by atoms with van der Waals surface area (Å²) in [5.41, 5.74) is 28.4. The quantitative estimate of drug-likeness (QED) is 0.0628. The van der Waals surface area contributed by atoms with E-state index >= 15 is 0 Å². The first-order chi connectivity index (χ1) is 46.5. The van der Waals surface area contributed by atoms with Crippen LogP contribution in [0.15, 0.2) is 197 Å². The number of hydrogen-bond acceptors (Lipinski definition) is 16. The summed E-state index contributed by atoms with van der Waals surface area (Å²) in [5, 5.41) is 7.17. The van der Waals surface area contributed by atoms with Gasteiger partial charge in [0.25, 0.3) is 16.7 Å². The molecular weight excluding hydrogens is 1290 g/mol. The number of nitrogen functional groups attached to an aromatic ring is 2. The second kappa shape index (κ2) is 30.6. The largest absolute Gasteiger partial charge is 0.371 e. The Morgan fingerprint density at radius 1 is 0.480 bits per heavy atom. The summed E-state index contributed by atoms with van der Waals surface area (Å²) in [6.45, 7) is 23.0. The van der Waals surface area contributed by atoms with Crippen molar-refractivity contribution in [2.45, 2.75) is 60.2 Å². The summed E-state index contributed by atoms with van der Waals surface area (Å²) < 4.78 is 46.0. The average molecular weight is 1350 g/mol. The number of fused-ring (bicyclic) bond motifs is 3. The van der Waals surface area contributed by atoms with Crippen LogP contribution in [0.5, 0.6) is 0 Å². The average Bonchev–Trinajstić information content (AvgIpc) is 0.765. The smallest absolute Gasteiger partial charge is 0.264 e. The number of nitrogens with zero attached hydrogens (tertiary/aromatic N) is 13. The number of halogens is 5. The van der Waals surface area contributed by atoms with Crippen molar-refractivity contribution in [2.75, 3.05) is 16.8 Å². The zero-order valence-electron chi connectivity index (χ0n) is 52.3. The van der Waals surface area contributed by atoms with E-state index < -0.39 is 29.5 Å². The molecule has 492 valence electrons. The molecule has 0 radical (unpaired) electrons. The molecule has 0 saturated carbocycles. The van der Waals surface area contributed by atoms with Crippen LogP contribution in [0, 0.1) is 44.4 Å². The van der Waals surface area contributed by atoms with Gasteiger partial charge in [0.15, 0.2) is 0 Å². The lowest BCUT2D eigenvalue weighted by Gasteiger charge is -2.22. The molecule has 7 heterocycles. The minimum Gasteiger partial charge on any atom is -0.371 e. The fourth-order valence-corrected chi connectivity index (χ4v) is 11.0. The van der Waals surface area contributed by atoms with Gasteiger partial charge in [0.1, 0.15) is 40.1 Å². The van der Waals surface area contributed by atoms with Gasteiger partial charge >= 0.3 is 0 Å². The van der Waals surface area contributed by atoms with Crippen LogP contribution < -0.4 is 44.9 Å². The summed E-state index contributed by atoms with van der Waals surface area (Å²) >= 11 is 11.7. The first kappa shape index (κ1) is 70.3. The number of nitrogens with two attached hydrogens (primary N) is 4. The van der Waals surface area contributed by atoms with E-state index in [-0.39, 0.29) is 64.4 Å². The third kappa shape index (κ3) is 15.4. The summed E-state index contributed by atoms with van der Waals surface area (Å²) in [6.07, 6.45) is 9.36. The summed E-state index contributed by atoms with van der Waals surface area (Å²) in [6, 6.07) is 38.2. The third-order valence-electron chi connectivity index (χ3n) is 15.1. The van der Waals surface area contributed by atoms with Crippen LogP contribution >= 0.6 is 23.2 Å². The van der Waals surface area contributed by atoms with Crippen molar-refractivity contribution >= 4 is 84.6 Å². The van der Waals surface area contributed by atoms with Crippen LogP contribution in [-0.4, -0.2) is 53.6 Å². The molecule has 0 aliphatic rings. The van der Waals surface area contributed by atoms with Crippen molar-refractivity contribution in [3.63, 3.8) is 0 Å². The lowest BCUT2D eigenvalue weighted by molar-refractivity contribution is 0.624. The Morgan fingerprint density at radius 2 is 0.847 bits per heavy atom. The van der Waals surface area contributed by atoms with Gasteiger partial charge in [0.2, 0.25) is 23.3 Å². The number of pyridine rings is 3. The molecule has 9 N–H and O–H groups in total. The number of hydrogen-bond donors (Lipinski definition) is 5. The molecule has 3 atom stereocenters. The first-order valence-corrected chi connectivity index (χ1v) is 30.3. The Labute approximate surface area is 569 Å². The van der Waals surface area contributed by atoms with Gasteiger partial charge < -0.3 is 28.3 Å². The van der Waals surface area contributed by atoms with Crippen LogP contribution in [0.25, 0.3) is 81.3 Å². The van der Waals surface area contributed by atoms with E-state index in [4.69, 9.17) is 59.3 Å². The molecule has 0 bridgehead atoms. The van der Waals surface area contributed by atoms with Gasteiger partial charge in [-0.05, 0) is 141 Å². The van der Waals surface area contributed by atoms with Crippen molar-refractivity contribution in [2.24, 2.45) is 11.5 Å². The Morgan fingerprint density at radius 3 is 1.26 bits per heavy atom. The van der Waals surface area contributed by atoms with Gasteiger partial charge in [-0.1, -0.05) is 97.4 Å². The molecule has 13 rings (SSSR count). The standard InChI is InChI=1S/C27H21FN8O.C22H19FN4O.C17H14ClFN2O.C5H3ClN4.CH4/c1-15(34-25-22(30-3)14-33-27(29)35-25)23-10-17-6-4-9-21(18-12-31-16(2)32-13-18)24(17)26(37)36(23)20-8-5-7-19(28)11-20;1-13(24)20-9-15-5-3-8-19(16-11-25-14(2)26-12-16)21(15)22(28)27(20)18-7-4-6-17(23)10-18;1-10(20)15-8-11-4-2-7-14(18)16(11)17(22)21(15)13-6-3-5-12(19)9-13;1-8-3-2-9-5(7)10-4(3)6;/h4-15H,1-2H3,(H3,29,33,34,35);3-13H,24H2,1-2H3;2-10H,20H2,1H3;2H,(H2,7,9,10);1H4/t15-;13-;10-;;/m000../s1. The molecule has 0 unspecified atom stereocenters. The Bertz CT molecular complexity index is 5430. The first-order valence-electron chi connectivity index (χ1n) is 29.5. The van der Waals surface area contributed by atoms with Crippen molar-refractivity contribution in [3.8, 4) is 39.3 Å². The highest BCUT2D eigenvalue weighted by atomic mass is 35.5. The van der Waals surface area contributed by atoms with Crippen LogP contribution in [0.4, 0.5) is 42.3 Å². The molecule has 0 amide bonds. The van der Waals surface area contributed by atoms with E-state index in [9.17, 15) is 27.6 Å². The van der Waals surface area contributed by atoms with Crippen molar-refractivity contribution in [3.05, 3.63) is 293 Å². The van der Waals surface area contributed by atoms with Gasteiger partial charge in [-0.15, -0.1) is 0 Å². The van der Waals surface area contributed by atoms with E-state index in [1.165, 1.54) is 62.5 Å². The maximum Gasteiger partial charge on any atom is 0.264 e. The van der Waals surface area contributed by atoms with E-state index in [1.54, 1.807) is 101 Å². The molecule has 6 aromatic carbocycles. The molecule has 0 aliphatic heterocycles. The van der Waals surface area contributed by atoms with E-state index in [0.717, 1.165) is 21.9 Å². The molecule has 0 fully saturated rings. The lowest BCUT2D eigenvalue weighted by Crippen LogP contribution is -2.26. The summed E-state index contributed by atoms with van der Waals surface area (Å²) in [7, 11) is 0. The van der Waals surface area contributed by atoms with E-state index in [2.05, 4.69) is 54.9 Å². The highest BCUT2D eigenvalue weighted by Crippen LogP contribution is 2.34. The van der Waals surface area contributed by atoms with Crippen LogP contribution in [0.1, 0.15) is 75.1 Å². The molecule has 98 heavy (non-hydrogen) atoms. The number of aromatic nitrogens is 11. The number of nitrogens with one attached hydrogen (secondary N) is 1. The van der Waals surface area contributed by atoms with Crippen molar-refractivity contribution in [1.29, 1.82) is 0 Å². The molecule has 21 nitrogen and oxygen atoms in total. The maximum absolute atomic E-state index is 14.3. The third-order valence-corrected chi connectivity index (χ3v) is 15.7. The molecule has 0 spiro atoms. The second-order valence-corrected chi connectivity index (χ2v) is 22.6. The van der Waals surface area contributed by atoms with Gasteiger partial charge in [0.05, 0.1) is 57.4 Å². The number of benzene rings is 6. The Balaban J connectivity index is 0.000000164. The van der Waals surface area contributed by atoms with Crippen LogP contribution in [0.2, 0.25) is 10.2 Å². The minimum absolute atomic E-state index is 0. The normalized spacial score (nSPS) is 11.7. The fourth-order valence-electron chi connectivity index (χ4n) is 10.6. The highest BCUT2D eigenvalue weighted by Gasteiger charge is 2.23. The maximum atomic E-state index is 14.3. The summed E-state index contributed by atoms with van der Waals surface area (Å²) in [4.78, 5) is 79.3. The zero-order valence-corrected chi connectivity index (χ0v) is 53.8. The predicted octanol–water partition coefficient (Wildman–Crippen LogP) is 14.6. The summed E-state index contributed by atoms with van der Waals surface area (Å²) in [5.74, 6) is 0.284. The van der Waals surface area contributed by atoms with Crippen molar-refractivity contribution < 1.29 is 13.2 Å². The Hall–Kier alpha value is -12.1. The molecule has 0 aliphatic carbocycles. The monoisotopic (exact) mass is 1350 g/mol. The van der Waals surface area contributed by atoms with Gasteiger partial charge in [-0.3, -0.25) is 28.1 Å². The SMILES string of the molecule is C.C[C@H](N)c1cc2cccc(Cl)c2c(=O)n1-c1cccc(F)c1.Cc1ncc(-c2cccc3cc([C@H](C)N)n(-c4cccc(F)c4)c(=O)c23)cn1.[C-]#[N+]c1cnc(N)nc1Cl.[C-]#[N+]c1cnc(N)nc1N[C@@H](C)c1cc2cccc(-c3cnc(C)nc3)c2c(=O)n1-c1cccc(F)c1. The zero-order chi connectivity index (χ0) is 69.4. The van der Waals surface area contributed by atoms with Crippen molar-refractivity contribution in [1.82, 2.24) is 53.6 Å². The predicted molar refractivity (Wildman–Crippen MR) is 379 cm³/mol. The van der Waals surface area contributed by atoms with Gasteiger partial charge in [-0.2, -0.15) is 0 Å². The molecule has 26 heteroatoms. The van der Waals surface area contributed by atoms with Crippen LogP contribution in [0.3, 0.4) is 0 Å².